The lowest BCUT2D eigenvalue weighted by atomic mass is 9.93. The van der Waals surface area contributed by atoms with Crippen LogP contribution >= 0.6 is 12.2 Å². The van der Waals surface area contributed by atoms with Crippen molar-refractivity contribution in [1.29, 1.82) is 0 Å². The van der Waals surface area contributed by atoms with Crippen molar-refractivity contribution in [3.8, 4) is 0 Å². The molecule has 0 aromatic carbocycles. The summed E-state index contributed by atoms with van der Waals surface area (Å²) in [6.07, 6.45) is 2.51. The third-order valence-corrected chi connectivity index (χ3v) is 2.37. The van der Waals surface area contributed by atoms with Crippen LogP contribution in [0.4, 0.5) is 10.6 Å². The molecule has 90 valence electrons. The van der Waals surface area contributed by atoms with E-state index >= 15 is 0 Å². The zero-order valence-corrected chi connectivity index (χ0v) is 10.7. The molecule has 0 saturated carbocycles. The highest BCUT2D eigenvalue weighted by Crippen LogP contribution is 2.04. The number of amides is 2. The quantitative estimate of drug-likeness (QED) is 0.497. The van der Waals surface area contributed by atoms with Gasteiger partial charge < -0.3 is 11.1 Å². The topological polar surface area (TPSA) is 80.0 Å². The van der Waals surface area contributed by atoms with Crippen molar-refractivity contribution in [1.82, 2.24) is 10.3 Å². The van der Waals surface area contributed by atoms with Gasteiger partial charge in [0.05, 0.1) is 0 Å². The first-order chi connectivity index (χ1) is 8.04. The molecule has 1 aromatic heterocycles. The van der Waals surface area contributed by atoms with E-state index in [1.165, 1.54) is 0 Å². The first kappa shape index (κ1) is 13.4. The summed E-state index contributed by atoms with van der Waals surface area (Å²) in [6, 6.07) is 1.39. The maximum atomic E-state index is 11.4. The van der Waals surface area contributed by atoms with Gasteiger partial charge in [0.25, 0.3) is 0 Å². The molecule has 0 unspecified atom stereocenters. The highest BCUT2D eigenvalue weighted by atomic mass is 32.1. The summed E-state index contributed by atoms with van der Waals surface area (Å²) in [5, 5.41) is 5.31. The predicted octanol–water partition coefficient (Wildman–Crippen LogP) is -0.494. The molecule has 0 aliphatic rings. The van der Waals surface area contributed by atoms with E-state index in [4.69, 9.17) is 18.0 Å². The number of aromatic nitrogens is 1. The monoisotopic (exact) mass is 250 g/mol. The van der Waals surface area contributed by atoms with Gasteiger partial charge in [-0.25, -0.2) is 9.78 Å². The Morgan fingerprint density at radius 3 is 2.94 bits per heavy atom. The molecule has 7 heteroatoms. The number of carbonyl (C=O) groups excluding carboxylic acids is 1. The molecule has 0 fully saturated rings. The minimum Gasteiger partial charge on any atom is -0.389 e. The van der Waals surface area contributed by atoms with Crippen LogP contribution in [0, 0.1) is 0 Å². The van der Waals surface area contributed by atoms with E-state index in [0.717, 1.165) is 17.4 Å². The molecule has 1 aromatic rings. The van der Waals surface area contributed by atoms with Crippen LogP contribution in [0.3, 0.4) is 0 Å². The molecule has 0 bridgehead atoms. The Kier molecular flexibility index (Phi) is 4.90. The molecule has 0 atom stereocenters. The van der Waals surface area contributed by atoms with Crippen molar-refractivity contribution in [3.05, 3.63) is 17.8 Å². The molecular formula is C10H15BN4OS. The van der Waals surface area contributed by atoms with Crippen molar-refractivity contribution in [2.24, 2.45) is 5.73 Å². The van der Waals surface area contributed by atoms with E-state index in [9.17, 15) is 4.79 Å². The molecule has 0 saturated heterocycles. The van der Waals surface area contributed by atoms with Crippen LogP contribution < -0.4 is 21.8 Å². The van der Waals surface area contributed by atoms with Crippen molar-refractivity contribution < 1.29 is 4.79 Å². The van der Waals surface area contributed by atoms with E-state index < -0.39 is 0 Å². The van der Waals surface area contributed by atoms with Gasteiger partial charge in [-0.15, -0.1) is 0 Å². The number of thiocarbonyl (C=S) groups is 1. The number of rotatable bonds is 4. The van der Waals surface area contributed by atoms with Crippen molar-refractivity contribution in [2.45, 2.75) is 13.3 Å². The number of hydrogen-bond donors (Lipinski definition) is 3. The lowest BCUT2D eigenvalue weighted by molar-refractivity contribution is 0.252. The Morgan fingerprint density at radius 2 is 2.35 bits per heavy atom. The third-order valence-electron chi connectivity index (χ3n) is 2.15. The standard InChI is InChI=1S/C10H15BN4OS/c1-2-3-13-10(16)15-8-4-6(9(12)17)7(11)5-14-8/h4-5H,2-3,11H2,1H3,(H2,12,17)(H2,13,14,15,16). The SMILES string of the molecule is Bc1cnc(NC(=O)NCCC)cc1C(N)=S. The highest BCUT2D eigenvalue weighted by molar-refractivity contribution is 7.80. The fourth-order valence-corrected chi connectivity index (χ4v) is 1.48. The first-order valence-corrected chi connectivity index (χ1v) is 5.76. The second-order valence-corrected chi connectivity index (χ2v) is 4.07. The first-order valence-electron chi connectivity index (χ1n) is 5.36. The Labute approximate surface area is 107 Å². The number of nitrogens with two attached hydrogens (primary N) is 1. The summed E-state index contributed by atoms with van der Waals surface area (Å²) < 4.78 is 0. The Balaban J connectivity index is 2.75. The predicted molar refractivity (Wildman–Crippen MR) is 75.6 cm³/mol. The molecule has 5 nitrogen and oxygen atoms in total. The Bertz CT molecular complexity index is 438. The number of pyridine rings is 1. The van der Waals surface area contributed by atoms with Gasteiger partial charge in [-0.2, -0.15) is 0 Å². The second-order valence-electron chi connectivity index (χ2n) is 3.63. The molecule has 17 heavy (non-hydrogen) atoms. The summed E-state index contributed by atoms with van der Waals surface area (Å²) in [5.74, 6) is 0.437. The number of carbonyl (C=O) groups is 1. The van der Waals surface area contributed by atoms with Gasteiger partial charge in [-0.1, -0.05) is 24.6 Å². The van der Waals surface area contributed by atoms with E-state index in [-0.39, 0.29) is 6.03 Å². The summed E-state index contributed by atoms with van der Waals surface area (Å²) in [6.45, 7) is 2.61. The lowest BCUT2D eigenvalue weighted by Gasteiger charge is -2.09. The number of hydrogen-bond acceptors (Lipinski definition) is 3. The third kappa shape index (κ3) is 4.03. The van der Waals surface area contributed by atoms with Crippen molar-refractivity contribution in [2.75, 3.05) is 11.9 Å². The van der Waals surface area contributed by atoms with Gasteiger partial charge in [0.15, 0.2) is 0 Å². The molecule has 1 heterocycles. The number of nitrogens with one attached hydrogen (secondary N) is 2. The van der Waals surface area contributed by atoms with Gasteiger partial charge in [0.1, 0.15) is 18.7 Å². The van der Waals surface area contributed by atoms with E-state index in [2.05, 4.69) is 15.6 Å². The fourth-order valence-electron chi connectivity index (χ4n) is 1.26. The van der Waals surface area contributed by atoms with Gasteiger partial charge in [-0.05, 0) is 12.5 Å². The van der Waals surface area contributed by atoms with Crippen LogP contribution in [0.1, 0.15) is 18.9 Å². The van der Waals surface area contributed by atoms with Crippen LogP contribution in [0.2, 0.25) is 0 Å². The van der Waals surface area contributed by atoms with Gasteiger partial charge in [0.2, 0.25) is 0 Å². The molecule has 0 aliphatic heterocycles. The minimum atomic E-state index is -0.280. The maximum Gasteiger partial charge on any atom is 0.320 e. The van der Waals surface area contributed by atoms with E-state index in [1.54, 1.807) is 12.3 Å². The zero-order chi connectivity index (χ0) is 12.8. The van der Waals surface area contributed by atoms with Crippen LogP contribution in [-0.4, -0.2) is 30.4 Å². The average Bonchev–Trinajstić information content (AvgIpc) is 2.28. The van der Waals surface area contributed by atoms with Crippen LogP contribution in [-0.2, 0) is 0 Å². The van der Waals surface area contributed by atoms with Crippen LogP contribution in [0.25, 0.3) is 0 Å². The van der Waals surface area contributed by atoms with Crippen molar-refractivity contribution in [3.63, 3.8) is 0 Å². The summed E-state index contributed by atoms with van der Waals surface area (Å²) in [7, 11) is 1.86. The van der Waals surface area contributed by atoms with Gasteiger partial charge in [0, 0.05) is 18.3 Å². The summed E-state index contributed by atoms with van der Waals surface area (Å²) >= 11 is 4.91. The van der Waals surface area contributed by atoms with Crippen molar-refractivity contribution >= 4 is 42.4 Å². The van der Waals surface area contributed by atoms with E-state index in [1.807, 2.05) is 14.8 Å². The molecule has 1 rings (SSSR count). The fraction of sp³-hybridized carbons (Fsp3) is 0.300. The average molecular weight is 250 g/mol. The lowest BCUT2D eigenvalue weighted by Crippen LogP contribution is -2.30. The van der Waals surface area contributed by atoms with Crippen LogP contribution in [0.15, 0.2) is 12.3 Å². The smallest absolute Gasteiger partial charge is 0.320 e. The maximum absolute atomic E-state index is 11.4. The Morgan fingerprint density at radius 1 is 1.65 bits per heavy atom. The molecule has 0 spiro atoms. The van der Waals surface area contributed by atoms with Gasteiger partial charge in [-0.3, -0.25) is 5.32 Å². The van der Waals surface area contributed by atoms with E-state index in [0.29, 0.717) is 17.4 Å². The molecule has 2 amide bonds. The van der Waals surface area contributed by atoms with Gasteiger partial charge >= 0.3 is 6.03 Å². The normalized spacial score (nSPS) is 9.71. The second kappa shape index (κ2) is 6.19. The summed E-state index contributed by atoms with van der Waals surface area (Å²) in [5.41, 5.74) is 7.18. The molecule has 4 N–H and O–H groups in total. The number of urea groups is 1. The largest absolute Gasteiger partial charge is 0.389 e. The number of nitrogens with zero attached hydrogens (tertiary/aromatic N) is 1. The van der Waals surface area contributed by atoms with Crippen LogP contribution in [0.5, 0.6) is 0 Å². The Hall–Kier alpha value is -1.63. The summed E-state index contributed by atoms with van der Waals surface area (Å²) in [4.78, 5) is 15.8. The zero-order valence-electron chi connectivity index (χ0n) is 9.91. The highest BCUT2D eigenvalue weighted by Gasteiger charge is 2.06. The number of anilines is 1. The molecule has 0 radical (unpaired) electrons. The minimum absolute atomic E-state index is 0.280. The molecule has 0 aliphatic carbocycles. The molecular weight excluding hydrogens is 235 g/mol.